The van der Waals surface area contributed by atoms with Crippen LogP contribution in [0.5, 0.6) is 0 Å². The van der Waals surface area contributed by atoms with E-state index in [9.17, 15) is 21.6 Å². The lowest BCUT2D eigenvalue weighted by Gasteiger charge is -2.23. The highest BCUT2D eigenvalue weighted by atomic mass is 32.2. The van der Waals surface area contributed by atoms with Gasteiger partial charge in [-0.15, -0.1) is 0 Å². The van der Waals surface area contributed by atoms with Gasteiger partial charge in [0.25, 0.3) is 0 Å². The predicted octanol–water partition coefficient (Wildman–Crippen LogP) is 2.68. The maximum Gasteiger partial charge on any atom is 0.441 e. The summed E-state index contributed by atoms with van der Waals surface area (Å²) in [4.78, 5) is 0. The molecule has 1 aliphatic rings. The number of thioether (sulfide) groups is 1. The molecule has 0 amide bonds. The molecule has 0 aromatic carbocycles. The molecule has 0 saturated carbocycles. The van der Waals surface area contributed by atoms with E-state index in [4.69, 9.17) is 0 Å². The number of rotatable bonds is 8. The van der Waals surface area contributed by atoms with E-state index in [2.05, 4.69) is 5.32 Å². The number of alkyl halides is 3. The van der Waals surface area contributed by atoms with Gasteiger partial charge in [-0.1, -0.05) is 18.7 Å². The van der Waals surface area contributed by atoms with Crippen LogP contribution in [0.1, 0.15) is 26.2 Å². The second-order valence-electron chi connectivity index (χ2n) is 5.21. The normalized spacial score (nSPS) is 23.9. The largest absolute Gasteiger partial charge is 0.441 e. The summed E-state index contributed by atoms with van der Waals surface area (Å²) in [6.45, 7) is 3.43. The van der Waals surface area contributed by atoms with Gasteiger partial charge in [0, 0.05) is 5.75 Å². The second-order valence-corrected chi connectivity index (χ2v) is 8.60. The summed E-state index contributed by atoms with van der Waals surface area (Å²) in [5.74, 6) is 0.307. The Bertz CT molecular complexity index is 385. The molecule has 1 rings (SSSR count). The molecule has 3 nitrogen and oxygen atoms in total. The Morgan fingerprint density at radius 2 is 2.10 bits per heavy atom. The second kappa shape index (κ2) is 7.89. The monoisotopic (exact) mass is 333 g/mol. The van der Waals surface area contributed by atoms with Gasteiger partial charge in [0.1, 0.15) is 0 Å². The summed E-state index contributed by atoms with van der Waals surface area (Å²) in [6, 6.07) is 0. The molecule has 0 radical (unpaired) electrons. The van der Waals surface area contributed by atoms with Crippen molar-refractivity contribution in [3.8, 4) is 0 Å². The van der Waals surface area contributed by atoms with Crippen molar-refractivity contribution in [3.63, 3.8) is 0 Å². The third-order valence-corrected chi connectivity index (χ3v) is 6.08. The van der Waals surface area contributed by atoms with E-state index in [1.165, 1.54) is 0 Å². The predicted molar refractivity (Wildman–Crippen MR) is 76.5 cm³/mol. The minimum Gasteiger partial charge on any atom is -0.316 e. The molecule has 0 aromatic rings. The summed E-state index contributed by atoms with van der Waals surface area (Å²) in [6.07, 6.45) is 1.94. The number of hydrogen-bond donors (Lipinski definition) is 1. The molecule has 0 bridgehead atoms. The van der Waals surface area contributed by atoms with E-state index in [0.29, 0.717) is 19.4 Å². The van der Waals surface area contributed by atoms with Crippen molar-refractivity contribution in [2.24, 2.45) is 11.8 Å². The van der Waals surface area contributed by atoms with Crippen LogP contribution in [-0.2, 0) is 9.84 Å². The van der Waals surface area contributed by atoms with E-state index in [0.717, 1.165) is 13.0 Å². The maximum atomic E-state index is 12.2. The highest BCUT2D eigenvalue weighted by molar-refractivity contribution is 8.00. The van der Waals surface area contributed by atoms with Crippen molar-refractivity contribution < 1.29 is 21.6 Å². The Labute approximate surface area is 123 Å². The third-order valence-electron chi connectivity index (χ3n) is 3.52. The Morgan fingerprint density at radius 1 is 1.40 bits per heavy atom. The van der Waals surface area contributed by atoms with Crippen LogP contribution in [0.15, 0.2) is 0 Å². The Morgan fingerprint density at radius 3 is 2.60 bits per heavy atom. The first-order chi connectivity index (χ1) is 9.23. The molecular formula is C12H22F3NO2S2. The van der Waals surface area contributed by atoms with Gasteiger partial charge >= 0.3 is 5.51 Å². The van der Waals surface area contributed by atoms with Crippen LogP contribution in [0.3, 0.4) is 0 Å². The number of halogens is 3. The zero-order chi connectivity index (χ0) is 15.2. The van der Waals surface area contributed by atoms with E-state index in [1.807, 2.05) is 6.92 Å². The van der Waals surface area contributed by atoms with Crippen molar-refractivity contribution >= 4 is 21.6 Å². The molecule has 120 valence electrons. The van der Waals surface area contributed by atoms with Gasteiger partial charge in [0.2, 0.25) is 0 Å². The average Bonchev–Trinajstić information content (AvgIpc) is 2.66. The lowest BCUT2D eigenvalue weighted by molar-refractivity contribution is -0.0328. The van der Waals surface area contributed by atoms with Gasteiger partial charge < -0.3 is 5.32 Å². The topological polar surface area (TPSA) is 46.2 Å². The average molecular weight is 333 g/mol. The number of sulfone groups is 1. The molecular weight excluding hydrogens is 311 g/mol. The molecule has 2 unspecified atom stereocenters. The third kappa shape index (κ3) is 7.17. The summed E-state index contributed by atoms with van der Waals surface area (Å²) in [5.41, 5.74) is -4.21. The summed E-state index contributed by atoms with van der Waals surface area (Å²) >= 11 is -0.0174. The van der Waals surface area contributed by atoms with Crippen molar-refractivity contribution in [2.75, 3.05) is 30.3 Å². The van der Waals surface area contributed by atoms with Gasteiger partial charge in [-0.3, -0.25) is 0 Å². The van der Waals surface area contributed by atoms with Crippen molar-refractivity contribution in [1.82, 2.24) is 5.32 Å². The molecule has 1 fully saturated rings. The van der Waals surface area contributed by atoms with E-state index in [-0.39, 0.29) is 40.9 Å². The maximum absolute atomic E-state index is 12.2. The van der Waals surface area contributed by atoms with E-state index in [1.54, 1.807) is 0 Å². The molecule has 1 aliphatic heterocycles. The number of hydrogen-bond acceptors (Lipinski definition) is 4. The molecule has 0 spiro atoms. The van der Waals surface area contributed by atoms with Gasteiger partial charge in [0.15, 0.2) is 9.84 Å². The lowest BCUT2D eigenvalue weighted by atomic mass is 9.89. The van der Waals surface area contributed by atoms with Gasteiger partial charge in [-0.2, -0.15) is 13.2 Å². The fourth-order valence-corrected chi connectivity index (χ4v) is 5.06. The molecule has 0 aliphatic carbocycles. The fourth-order valence-electron chi connectivity index (χ4n) is 2.49. The summed E-state index contributed by atoms with van der Waals surface area (Å²) < 4.78 is 59.5. The van der Waals surface area contributed by atoms with Crippen LogP contribution < -0.4 is 5.32 Å². The first-order valence-corrected chi connectivity index (χ1v) is 9.66. The van der Waals surface area contributed by atoms with E-state index < -0.39 is 15.3 Å². The smallest absolute Gasteiger partial charge is 0.316 e. The van der Waals surface area contributed by atoms with Gasteiger partial charge in [-0.25, -0.2) is 8.42 Å². The van der Waals surface area contributed by atoms with Crippen LogP contribution >= 0.6 is 11.8 Å². The highest BCUT2D eigenvalue weighted by Gasteiger charge is 2.34. The van der Waals surface area contributed by atoms with Crippen molar-refractivity contribution in [2.45, 2.75) is 31.7 Å². The summed E-state index contributed by atoms with van der Waals surface area (Å²) in [5, 5.41) is 3.20. The SMILES string of the molecule is CCCNCC(CCSC(F)(F)F)C1CCS(=O)(=O)C1. The standard InChI is InChI=1S/C12H22F3NO2S2/c1-2-5-16-8-10(3-6-19-12(13,14)15)11-4-7-20(17,18)9-11/h10-11,16H,2-9H2,1H3. The molecule has 1 N–H and O–H groups in total. The molecule has 8 heteroatoms. The Hall–Kier alpha value is 0.0500. The summed E-state index contributed by atoms with van der Waals surface area (Å²) in [7, 11) is -2.98. The minimum absolute atomic E-state index is 0.00147. The highest BCUT2D eigenvalue weighted by Crippen LogP contribution is 2.34. The zero-order valence-corrected chi connectivity index (χ0v) is 13.2. The van der Waals surface area contributed by atoms with Crippen molar-refractivity contribution in [1.29, 1.82) is 0 Å². The first kappa shape index (κ1) is 18.1. The van der Waals surface area contributed by atoms with Gasteiger partial charge in [-0.05, 0) is 44.2 Å². The fraction of sp³-hybridized carbons (Fsp3) is 1.00. The molecule has 20 heavy (non-hydrogen) atoms. The Kier molecular flexibility index (Phi) is 7.14. The van der Waals surface area contributed by atoms with Gasteiger partial charge in [0.05, 0.1) is 11.5 Å². The molecule has 1 heterocycles. The van der Waals surface area contributed by atoms with Crippen LogP contribution in [0.2, 0.25) is 0 Å². The van der Waals surface area contributed by atoms with Crippen LogP contribution in [0.25, 0.3) is 0 Å². The lowest BCUT2D eigenvalue weighted by Crippen LogP contribution is -2.30. The Balaban J connectivity index is 2.47. The first-order valence-electron chi connectivity index (χ1n) is 6.85. The van der Waals surface area contributed by atoms with Crippen molar-refractivity contribution in [3.05, 3.63) is 0 Å². The number of nitrogens with one attached hydrogen (secondary N) is 1. The van der Waals surface area contributed by atoms with Crippen LogP contribution in [0.4, 0.5) is 13.2 Å². The minimum atomic E-state index is -4.21. The molecule has 2 atom stereocenters. The quantitative estimate of drug-likeness (QED) is 0.694. The van der Waals surface area contributed by atoms with E-state index >= 15 is 0 Å². The molecule has 1 saturated heterocycles. The molecule has 0 aromatic heterocycles. The zero-order valence-electron chi connectivity index (χ0n) is 11.6. The van der Waals surface area contributed by atoms with Crippen LogP contribution in [-0.4, -0.2) is 44.3 Å². The van der Waals surface area contributed by atoms with Crippen LogP contribution in [0, 0.1) is 11.8 Å².